The van der Waals surface area contributed by atoms with Gasteiger partial charge in [0.05, 0.1) is 47.0 Å². The van der Waals surface area contributed by atoms with Crippen LogP contribution in [0.4, 0.5) is 5.69 Å². The molecule has 2 aliphatic heterocycles. The van der Waals surface area contributed by atoms with Gasteiger partial charge in [-0.2, -0.15) is 19.6 Å². The Balaban J connectivity index is 1.86. The van der Waals surface area contributed by atoms with E-state index in [1.165, 1.54) is 21.3 Å². The molecule has 12 nitrogen and oxygen atoms in total. The maximum absolute atomic E-state index is 13.9. The van der Waals surface area contributed by atoms with E-state index in [4.69, 9.17) is 43.2 Å². The van der Waals surface area contributed by atoms with Crippen molar-refractivity contribution < 1.29 is 52.8 Å². The SMILES string of the molecule is COC(=O)C1=C(C(=O)OC)N(c2ccc(OC)cc2)C(/C=C/c2ccc(OC)cc2)C2(OOC(C)(C)OO2)C1c1ccc(OC)cc1. The van der Waals surface area contributed by atoms with Crippen LogP contribution in [0.15, 0.2) is 90.1 Å². The quantitative estimate of drug-likeness (QED) is 0.220. The lowest BCUT2D eigenvalue weighted by atomic mass is 9.75. The summed E-state index contributed by atoms with van der Waals surface area (Å²) < 4.78 is 26.7. The Morgan fingerprint density at radius 1 is 0.681 bits per heavy atom. The second-order valence-electron chi connectivity index (χ2n) is 11.1. The number of anilines is 1. The number of nitrogens with zero attached hydrogens (tertiary/aromatic N) is 1. The Labute approximate surface area is 272 Å². The Morgan fingerprint density at radius 2 is 1.17 bits per heavy atom. The van der Waals surface area contributed by atoms with E-state index in [-0.39, 0.29) is 11.3 Å². The maximum atomic E-state index is 13.9. The monoisotopic (exact) mass is 647 g/mol. The minimum Gasteiger partial charge on any atom is -0.497 e. The van der Waals surface area contributed by atoms with Crippen molar-refractivity contribution >= 4 is 23.7 Å². The number of esters is 2. The van der Waals surface area contributed by atoms with Gasteiger partial charge in [-0.05, 0) is 73.5 Å². The summed E-state index contributed by atoms with van der Waals surface area (Å²) in [5.74, 6) is -4.31. The number of hydrogen-bond donors (Lipinski definition) is 0. The lowest BCUT2D eigenvalue weighted by molar-refractivity contribution is -0.654. The van der Waals surface area contributed by atoms with Gasteiger partial charge >= 0.3 is 11.9 Å². The van der Waals surface area contributed by atoms with Crippen molar-refractivity contribution in [1.82, 2.24) is 0 Å². The molecule has 2 atom stereocenters. The molecule has 0 amide bonds. The first kappa shape index (κ1) is 33.5. The molecule has 1 saturated heterocycles. The summed E-state index contributed by atoms with van der Waals surface area (Å²) in [4.78, 5) is 53.5. The molecule has 2 unspecified atom stereocenters. The van der Waals surface area contributed by atoms with E-state index < -0.39 is 35.5 Å². The van der Waals surface area contributed by atoms with E-state index in [1.807, 2.05) is 30.3 Å². The number of hydrogen-bond acceptors (Lipinski definition) is 12. The van der Waals surface area contributed by atoms with Crippen molar-refractivity contribution in [1.29, 1.82) is 0 Å². The molecule has 12 heteroatoms. The summed E-state index contributed by atoms with van der Waals surface area (Å²) in [6, 6.07) is 20.0. The van der Waals surface area contributed by atoms with Crippen molar-refractivity contribution in [3.63, 3.8) is 0 Å². The number of carbonyl (C=O) groups excluding carboxylic acids is 2. The molecule has 5 rings (SSSR count). The van der Waals surface area contributed by atoms with Crippen LogP contribution in [0.5, 0.6) is 17.2 Å². The molecule has 0 radical (unpaired) electrons. The van der Waals surface area contributed by atoms with Gasteiger partial charge in [-0.15, -0.1) is 0 Å². The van der Waals surface area contributed by atoms with E-state index in [2.05, 4.69) is 0 Å². The summed E-state index contributed by atoms with van der Waals surface area (Å²) in [5.41, 5.74) is 1.51. The van der Waals surface area contributed by atoms with Crippen LogP contribution in [0.1, 0.15) is 30.9 Å². The summed E-state index contributed by atoms with van der Waals surface area (Å²) >= 11 is 0. The third kappa shape index (κ3) is 6.54. The van der Waals surface area contributed by atoms with E-state index in [0.29, 0.717) is 28.5 Å². The van der Waals surface area contributed by atoms with Crippen LogP contribution in [-0.4, -0.2) is 65.1 Å². The second-order valence-corrected chi connectivity index (χ2v) is 11.1. The van der Waals surface area contributed by atoms with Gasteiger partial charge in [0.25, 0.3) is 5.79 Å². The second kappa shape index (κ2) is 13.9. The Kier molecular flexibility index (Phi) is 9.87. The zero-order valence-corrected chi connectivity index (χ0v) is 27.2. The van der Waals surface area contributed by atoms with Crippen molar-refractivity contribution in [3.05, 3.63) is 101 Å². The predicted molar refractivity (Wildman–Crippen MR) is 169 cm³/mol. The summed E-state index contributed by atoms with van der Waals surface area (Å²) in [6.45, 7) is 3.21. The van der Waals surface area contributed by atoms with Crippen LogP contribution >= 0.6 is 0 Å². The van der Waals surface area contributed by atoms with Crippen LogP contribution < -0.4 is 19.1 Å². The van der Waals surface area contributed by atoms with E-state index in [0.717, 1.165) is 5.56 Å². The van der Waals surface area contributed by atoms with Gasteiger partial charge in [0, 0.05) is 5.69 Å². The van der Waals surface area contributed by atoms with Crippen LogP contribution in [-0.2, 0) is 38.6 Å². The van der Waals surface area contributed by atoms with Crippen molar-refractivity contribution in [2.24, 2.45) is 0 Å². The fraction of sp³-hybridized carbons (Fsp3) is 0.314. The Hall–Kier alpha value is -4.88. The van der Waals surface area contributed by atoms with Gasteiger partial charge in [0.15, 0.2) is 0 Å². The normalized spacial score (nSPS) is 20.2. The molecule has 2 heterocycles. The van der Waals surface area contributed by atoms with Gasteiger partial charge < -0.3 is 28.6 Å². The van der Waals surface area contributed by atoms with Crippen molar-refractivity contribution in [2.75, 3.05) is 40.4 Å². The third-order valence-electron chi connectivity index (χ3n) is 7.79. The van der Waals surface area contributed by atoms with E-state index >= 15 is 0 Å². The highest BCUT2D eigenvalue weighted by Gasteiger charge is 2.64. The number of methoxy groups -OCH3 is 5. The first-order chi connectivity index (χ1) is 22.6. The lowest BCUT2D eigenvalue weighted by Gasteiger charge is -2.53. The molecule has 0 saturated carbocycles. The first-order valence-electron chi connectivity index (χ1n) is 14.6. The summed E-state index contributed by atoms with van der Waals surface area (Å²) in [7, 11) is 7.11. The Bertz CT molecular complexity index is 1620. The van der Waals surface area contributed by atoms with Crippen LogP contribution in [0.2, 0.25) is 0 Å². The molecule has 0 N–H and O–H groups in total. The molecule has 1 spiro atoms. The summed E-state index contributed by atoms with van der Waals surface area (Å²) in [6.07, 6.45) is 3.59. The topological polar surface area (TPSA) is 120 Å². The van der Waals surface area contributed by atoms with Crippen LogP contribution in [0, 0.1) is 0 Å². The van der Waals surface area contributed by atoms with E-state index in [1.54, 1.807) is 87.6 Å². The average molecular weight is 648 g/mol. The number of rotatable bonds is 9. The number of ether oxygens (including phenoxy) is 5. The highest BCUT2D eigenvalue weighted by atomic mass is 17.4. The lowest BCUT2D eigenvalue weighted by Crippen LogP contribution is -2.66. The Morgan fingerprint density at radius 3 is 1.66 bits per heavy atom. The van der Waals surface area contributed by atoms with Gasteiger partial charge in [-0.3, -0.25) is 0 Å². The largest absolute Gasteiger partial charge is 0.497 e. The molecule has 3 aromatic carbocycles. The van der Waals surface area contributed by atoms with Crippen LogP contribution in [0.3, 0.4) is 0 Å². The zero-order valence-electron chi connectivity index (χ0n) is 27.2. The van der Waals surface area contributed by atoms with E-state index in [9.17, 15) is 9.59 Å². The molecule has 248 valence electrons. The fourth-order valence-corrected chi connectivity index (χ4v) is 5.51. The maximum Gasteiger partial charge on any atom is 0.355 e. The molecule has 0 bridgehead atoms. The molecular formula is C35H37NO11. The minimum atomic E-state index is -1.96. The van der Waals surface area contributed by atoms with Gasteiger partial charge in [0.2, 0.25) is 5.79 Å². The molecule has 3 aromatic rings. The van der Waals surface area contributed by atoms with Gasteiger partial charge in [-0.25, -0.2) is 9.59 Å². The fourth-order valence-electron chi connectivity index (χ4n) is 5.51. The van der Waals surface area contributed by atoms with Crippen LogP contribution in [0.25, 0.3) is 6.08 Å². The summed E-state index contributed by atoms with van der Waals surface area (Å²) in [5, 5.41) is 0. The average Bonchev–Trinajstić information content (AvgIpc) is 3.11. The zero-order chi connectivity index (χ0) is 33.8. The molecule has 0 aliphatic carbocycles. The third-order valence-corrected chi connectivity index (χ3v) is 7.79. The predicted octanol–water partition coefficient (Wildman–Crippen LogP) is 5.34. The van der Waals surface area contributed by atoms with Crippen molar-refractivity contribution in [3.8, 4) is 17.2 Å². The number of carbonyl (C=O) groups is 2. The highest BCUT2D eigenvalue weighted by Crippen LogP contribution is 2.53. The molecule has 47 heavy (non-hydrogen) atoms. The van der Waals surface area contributed by atoms with Gasteiger partial charge in [0.1, 0.15) is 29.0 Å². The molecular weight excluding hydrogens is 610 g/mol. The number of benzene rings is 3. The molecule has 1 fully saturated rings. The standard InChI is InChI=1S/C35H37NO11/c1-34(2)44-46-35(47-45-34)28(21-10-22-8-15-25(39-3)16-9-22)36(24-13-19-27(41-5)20-14-24)31(33(38)43-7)29(32(37)42-6)30(35)23-11-17-26(40-4)18-12-23/h8-21,28,30H,1-7H3/b21-10+. The smallest absolute Gasteiger partial charge is 0.355 e. The van der Waals surface area contributed by atoms with Gasteiger partial charge in [-0.1, -0.05) is 36.4 Å². The van der Waals surface area contributed by atoms with Crippen molar-refractivity contribution in [2.45, 2.75) is 37.4 Å². The molecule has 2 aliphatic rings. The highest BCUT2D eigenvalue weighted by molar-refractivity contribution is 6.05. The molecule has 0 aromatic heterocycles. The first-order valence-corrected chi connectivity index (χ1v) is 14.6. The minimum absolute atomic E-state index is 0.114.